The van der Waals surface area contributed by atoms with Crippen LogP contribution in [0.5, 0.6) is 0 Å². The molecule has 1 atom stereocenters. The van der Waals surface area contributed by atoms with Crippen LogP contribution >= 0.6 is 11.8 Å². The van der Waals surface area contributed by atoms with Crippen molar-refractivity contribution in [3.63, 3.8) is 0 Å². The Morgan fingerprint density at radius 2 is 2.03 bits per heavy atom. The first-order valence-electron chi connectivity index (χ1n) is 9.44. The van der Waals surface area contributed by atoms with Gasteiger partial charge in [0.1, 0.15) is 17.6 Å². The number of thioether (sulfide) groups is 1. The number of hydrogen-bond donors (Lipinski definition) is 1. The van der Waals surface area contributed by atoms with Gasteiger partial charge in [-0.3, -0.25) is 4.90 Å². The fourth-order valence-electron chi connectivity index (χ4n) is 3.50. The molecule has 4 heterocycles. The minimum Gasteiger partial charge on any atom is -0.339 e. The molecule has 0 bridgehead atoms. The summed E-state index contributed by atoms with van der Waals surface area (Å²) >= 11 is 1.55. The van der Waals surface area contributed by atoms with E-state index in [0.29, 0.717) is 5.69 Å². The molecule has 3 aromatic heterocycles. The Morgan fingerprint density at radius 1 is 1.17 bits per heavy atom. The van der Waals surface area contributed by atoms with Gasteiger partial charge in [0.05, 0.1) is 23.6 Å². The number of pyridine rings is 2. The second kappa shape index (κ2) is 8.99. The van der Waals surface area contributed by atoms with Crippen molar-refractivity contribution in [3.8, 4) is 6.07 Å². The lowest BCUT2D eigenvalue weighted by Gasteiger charge is -2.24. The van der Waals surface area contributed by atoms with Crippen LogP contribution in [-0.4, -0.2) is 37.6 Å². The molecule has 1 aliphatic heterocycles. The van der Waals surface area contributed by atoms with Crippen molar-refractivity contribution in [1.82, 2.24) is 24.8 Å². The number of likely N-dealkylation sites (tertiary alicyclic amines) is 1. The maximum absolute atomic E-state index is 8.87. The molecule has 4 rings (SSSR count). The summed E-state index contributed by atoms with van der Waals surface area (Å²) in [6, 6.07) is 11.9. The normalized spacial score (nSPS) is 16.5. The lowest BCUT2D eigenvalue weighted by molar-refractivity contribution is 0.244. The van der Waals surface area contributed by atoms with E-state index in [4.69, 9.17) is 10.2 Å². The molecule has 0 aliphatic carbocycles. The van der Waals surface area contributed by atoms with Gasteiger partial charge in [0.2, 0.25) is 0 Å². The van der Waals surface area contributed by atoms with Gasteiger partial charge in [-0.1, -0.05) is 17.8 Å². The molecule has 0 amide bonds. The maximum Gasteiger partial charge on any atom is 0.187 e. The van der Waals surface area contributed by atoms with Gasteiger partial charge in [-0.05, 0) is 49.9 Å². The second-order valence-corrected chi connectivity index (χ2v) is 7.60. The van der Waals surface area contributed by atoms with Crippen molar-refractivity contribution in [2.45, 2.75) is 30.6 Å². The standard InChI is InChI=1S/C21H21N7S/c1-29-21-24-11-15(12-25-21)14-28-9-3-5-19(28)18-4-2-6-20(27-18)26-17-8-7-16(10-22)23-13-17/h2,4,6-8,11-13,19H,3,5,9,14H2,1H3,(H,26,27)/t19-/m1/s1. The molecular formula is C21H21N7S. The number of nitrogens with zero attached hydrogens (tertiary/aromatic N) is 6. The Hall–Kier alpha value is -3.02. The fourth-order valence-corrected chi connectivity index (χ4v) is 3.82. The third-order valence-electron chi connectivity index (χ3n) is 4.88. The zero-order valence-electron chi connectivity index (χ0n) is 16.1. The zero-order chi connectivity index (χ0) is 20.1. The molecule has 1 aliphatic rings. The molecule has 29 heavy (non-hydrogen) atoms. The number of anilines is 2. The highest BCUT2D eigenvalue weighted by molar-refractivity contribution is 7.98. The third kappa shape index (κ3) is 4.70. The van der Waals surface area contributed by atoms with Crippen molar-refractivity contribution in [3.05, 3.63) is 65.9 Å². The predicted molar refractivity (Wildman–Crippen MR) is 113 cm³/mol. The van der Waals surface area contributed by atoms with Gasteiger partial charge in [-0.25, -0.2) is 19.9 Å². The molecular weight excluding hydrogens is 382 g/mol. The van der Waals surface area contributed by atoms with E-state index < -0.39 is 0 Å². The van der Waals surface area contributed by atoms with Crippen LogP contribution in [0.15, 0.2) is 54.1 Å². The van der Waals surface area contributed by atoms with Crippen molar-refractivity contribution < 1.29 is 0 Å². The number of hydrogen-bond acceptors (Lipinski definition) is 8. The highest BCUT2D eigenvalue weighted by atomic mass is 32.2. The lowest BCUT2D eigenvalue weighted by Crippen LogP contribution is -2.23. The van der Waals surface area contributed by atoms with E-state index in [2.05, 4.69) is 31.2 Å². The zero-order valence-corrected chi connectivity index (χ0v) is 16.9. The number of aromatic nitrogens is 4. The van der Waals surface area contributed by atoms with Crippen molar-refractivity contribution in [2.24, 2.45) is 0 Å². The molecule has 0 unspecified atom stereocenters. The minimum absolute atomic E-state index is 0.274. The van der Waals surface area contributed by atoms with Crippen LogP contribution in [0.25, 0.3) is 0 Å². The molecule has 8 heteroatoms. The van der Waals surface area contributed by atoms with Crippen molar-refractivity contribution in [2.75, 3.05) is 18.1 Å². The van der Waals surface area contributed by atoms with E-state index in [0.717, 1.165) is 53.9 Å². The monoisotopic (exact) mass is 403 g/mol. The summed E-state index contributed by atoms with van der Waals surface area (Å²) in [7, 11) is 0. The van der Waals surface area contributed by atoms with E-state index in [-0.39, 0.29) is 6.04 Å². The quantitative estimate of drug-likeness (QED) is 0.489. The minimum atomic E-state index is 0.274. The largest absolute Gasteiger partial charge is 0.339 e. The first-order chi connectivity index (χ1) is 14.2. The predicted octanol–water partition coefficient (Wildman–Crippen LogP) is 3.94. The molecule has 7 nitrogen and oxygen atoms in total. The summed E-state index contributed by atoms with van der Waals surface area (Å²) in [5.41, 5.74) is 3.37. The summed E-state index contributed by atoms with van der Waals surface area (Å²) in [6.45, 7) is 1.85. The van der Waals surface area contributed by atoms with Crippen LogP contribution in [0.3, 0.4) is 0 Å². The van der Waals surface area contributed by atoms with Gasteiger partial charge < -0.3 is 5.32 Å². The van der Waals surface area contributed by atoms with Gasteiger partial charge in [-0.15, -0.1) is 0 Å². The SMILES string of the molecule is CSc1ncc(CN2CCC[C@@H]2c2cccc(Nc3ccc(C#N)nc3)n2)cn1. The van der Waals surface area contributed by atoms with Gasteiger partial charge >= 0.3 is 0 Å². The number of nitriles is 1. The van der Waals surface area contributed by atoms with Gasteiger partial charge in [0.25, 0.3) is 0 Å². The summed E-state index contributed by atoms with van der Waals surface area (Å²) in [5.74, 6) is 0.772. The van der Waals surface area contributed by atoms with Crippen LogP contribution in [0.2, 0.25) is 0 Å². The summed E-state index contributed by atoms with van der Waals surface area (Å²) < 4.78 is 0. The second-order valence-electron chi connectivity index (χ2n) is 6.82. The Morgan fingerprint density at radius 3 is 2.76 bits per heavy atom. The lowest BCUT2D eigenvalue weighted by atomic mass is 10.1. The summed E-state index contributed by atoms with van der Waals surface area (Å²) in [4.78, 5) is 20.1. The van der Waals surface area contributed by atoms with E-state index in [9.17, 15) is 0 Å². The first-order valence-corrected chi connectivity index (χ1v) is 10.7. The van der Waals surface area contributed by atoms with E-state index in [1.807, 2.05) is 42.9 Å². The Bertz CT molecular complexity index is 999. The molecule has 0 radical (unpaired) electrons. The van der Waals surface area contributed by atoms with Crippen molar-refractivity contribution in [1.29, 1.82) is 5.26 Å². The van der Waals surface area contributed by atoms with Crippen LogP contribution in [0, 0.1) is 11.3 Å². The van der Waals surface area contributed by atoms with Crippen LogP contribution in [-0.2, 0) is 6.54 Å². The summed E-state index contributed by atoms with van der Waals surface area (Å²) in [5, 5.41) is 12.9. The molecule has 0 spiro atoms. The maximum atomic E-state index is 8.87. The third-order valence-corrected chi connectivity index (χ3v) is 5.45. The summed E-state index contributed by atoms with van der Waals surface area (Å²) in [6.07, 6.45) is 9.68. The Balaban J connectivity index is 1.47. The topological polar surface area (TPSA) is 90.6 Å². The number of nitrogens with one attached hydrogen (secondary N) is 1. The molecule has 1 fully saturated rings. The average molecular weight is 404 g/mol. The Labute approximate surface area is 174 Å². The van der Waals surface area contributed by atoms with Crippen LogP contribution < -0.4 is 5.32 Å². The van der Waals surface area contributed by atoms with E-state index in [1.54, 1.807) is 24.0 Å². The molecule has 0 aromatic carbocycles. The first kappa shape index (κ1) is 19.3. The van der Waals surface area contributed by atoms with Crippen LogP contribution in [0.1, 0.15) is 35.8 Å². The van der Waals surface area contributed by atoms with Gasteiger partial charge in [0.15, 0.2) is 5.16 Å². The molecule has 0 saturated carbocycles. The molecule has 1 saturated heterocycles. The van der Waals surface area contributed by atoms with Crippen LogP contribution in [0.4, 0.5) is 11.5 Å². The van der Waals surface area contributed by atoms with Gasteiger partial charge in [-0.2, -0.15) is 5.26 Å². The van der Waals surface area contributed by atoms with E-state index >= 15 is 0 Å². The number of rotatable bonds is 6. The van der Waals surface area contributed by atoms with E-state index in [1.165, 1.54) is 0 Å². The smallest absolute Gasteiger partial charge is 0.187 e. The van der Waals surface area contributed by atoms with Crippen molar-refractivity contribution >= 4 is 23.3 Å². The molecule has 3 aromatic rings. The highest BCUT2D eigenvalue weighted by Crippen LogP contribution is 2.32. The fraction of sp³-hybridized carbons (Fsp3) is 0.286. The molecule has 146 valence electrons. The Kier molecular flexibility index (Phi) is 5.98. The van der Waals surface area contributed by atoms with Gasteiger partial charge in [0, 0.05) is 24.5 Å². The highest BCUT2D eigenvalue weighted by Gasteiger charge is 2.27. The molecule has 1 N–H and O–H groups in total. The average Bonchev–Trinajstić information content (AvgIpc) is 3.23.